The minimum Gasteiger partial charge on any atom is -0.505 e. The summed E-state index contributed by atoms with van der Waals surface area (Å²) in [6.07, 6.45) is 0.445. The van der Waals surface area contributed by atoms with E-state index in [1.165, 1.54) is 12.1 Å². The van der Waals surface area contributed by atoms with Gasteiger partial charge in [0.2, 0.25) is 6.41 Å². The molecule has 0 radical (unpaired) electrons. The molecule has 3 N–H and O–H groups in total. The minimum atomic E-state index is -0.440. The molecule has 2 aromatic carbocycles. The van der Waals surface area contributed by atoms with E-state index >= 15 is 0 Å². The number of nitrogens with one attached hydrogen (secondary N) is 2. The summed E-state index contributed by atoms with van der Waals surface area (Å²) in [6.45, 7) is 3.94. The number of anilines is 2. The van der Waals surface area contributed by atoms with Crippen molar-refractivity contribution in [2.75, 3.05) is 10.6 Å². The number of hydrogen-bond acceptors (Lipinski definition) is 3. The van der Waals surface area contributed by atoms with E-state index in [9.17, 15) is 14.7 Å². The second-order valence-electron chi connectivity index (χ2n) is 4.72. The predicted molar refractivity (Wildman–Crippen MR) is 81.7 cm³/mol. The van der Waals surface area contributed by atoms with Crippen LogP contribution in [0, 0.1) is 13.8 Å². The van der Waals surface area contributed by atoms with Crippen molar-refractivity contribution >= 4 is 23.7 Å². The van der Waals surface area contributed by atoms with Crippen LogP contribution < -0.4 is 10.6 Å². The maximum Gasteiger partial charge on any atom is 0.259 e. The van der Waals surface area contributed by atoms with Crippen LogP contribution in [0.15, 0.2) is 36.4 Å². The maximum absolute atomic E-state index is 12.2. The molecule has 0 heterocycles. The van der Waals surface area contributed by atoms with E-state index in [1.54, 1.807) is 12.1 Å². The summed E-state index contributed by atoms with van der Waals surface area (Å²) in [6, 6.07) is 10.1. The Kier molecular flexibility index (Phi) is 4.23. The van der Waals surface area contributed by atoms with Gasteiger partial charge in [-0.25, -0.2) is 0 Å². The summed E-state index contributed by atoms with van der Waals surface area (Å²) in [5.41, 5.74) is 3.13. The SMILES string of the molecule is Cc1ccc(NC(=O)c2cccc(NC=O)c2O)cc1C. The van der Waals surface area contributed by atoms with E-state index in [0.717, 1.165) is 11.1 Å². The summed E-state index contributed by atoms with van der Waals surface area (Å²) in [5.74, 6) is -0.698. The number of para-hydroxylation sites is 1. The van der Waals surface area contributed by atoms with Gasteiger partial charge in [0.1, 0.15) is 0 Å². The van der Waals surface area contributed by atoms with Gasteiger partial charge in [-0.1, -0.05) is 12.1 Å². The standard InChI is InChI=1S/C16H16N2O3/c1-10-6-7-12(8-11(10)2)18-16(21)13-4-3-5-14(15(13)20)17-9-19/h3-9,20H,1-2H3,(H,17,19)(H,18,21). The number of hydrogen-bond donors (Lipinski definition) is 3. The Morgan fingerprint density at radius 1 is 1.14 bits per heavy atom. The van der Waals surface area contributed by atoms with Gasteiger partial charge in [-0.3, -0.25) is 9.59 Å². The van der Waals surface area contributed by atoms with Crippen molar-refractivity contribution in [2.45, 2.75) is 13.8 Å². The van der Waals surface area contributed by atoms with Gasteiger partial charge >= 0.3 is 0 Å². The topological polar surface area (TPSA) is 78.4 Å². The Balaban J connectivity index is 2.26. The Hall–Kier alpha value is -2.82. The fourth-order valence-corrected chi connectivity index (χ4v) is 1.92. The second-order valence-corrected chi connectivity index (χ2v) is 4.72. The Morgan fingerprint density at radius 2 is 1.90 bits per heavy atom. The zero-order chi connectivity index (χ0) is 15.4. The van der Waals surface area contributed by atoms with Gasteiger partial charge in [-0.2, -0.15) is 0 Å². The second kappa shape index (κ2) is 6.09. The van der Waals surface area contributed by atoms with Gasteiger partial charge in [0.05, 0.1) is 11.3 Å². The molecule has 2 amide bonds. The summed E-state index contributed by atoms with van der Waals surface area (Å²) in [5, 5.41) is 15.0. The lowest BCUT2D eigenvalue weighted by molar-refractivity contribution is -0.105. The van der Waals surface area contributed by atoms with Gasteiger partial charge in [-0.15, -0.1) is 0 Å². The van der Waals surface area contributed by atoms with Crippen LogP contribution >= 0.6 is 0 Å². The first-order chi connectivity index (χ1) is 10.0. The highest BCUT2D eigenvalue weighted by atomic mass is 16.3. The first-order valence-corrected chi connectivity index (χ1v) is 6.43. The maximum atomic E-state index is 12.2. The number of benzene rings is 2. The first kappa shape index (κ1) is 14.6. The van der Waals surface area contributed by atoms with Crippen LogP contribution in [0.1, 0.15) is 21.5 Å². The predicted octanol–water partition coefficient (Wildman–Crippen LogP) is 2.83. The number of phenols is 1. The van der Waals surface area contributed by atoms with E-state index in [4.69, 9.17) is 0 Å². The van der Waals surface area contributed by atoms with E-state index in [1.807, 2.05) is 26.0 Å². The zero-order valence-corrected chi connectivity index (χ0v) is 11.8. The molecule has 0 saturated carbocycles. The quantitative estimate of drug-likeness (QED) is 0.596. The number of phenolic OH excluding ortho intramolecular Hbond substituents is 1. The first-order valence-electron chi connectivity index (χ1n) is 6.43. The van der Waals surface area contributed by atoms with E-state index in [2.05, 4.69) is 10.6 Å². The summed E-state index contributed by atoms with van der Waals surface area (Å²) >= 11 is 0. The van der Waals surface area contributed by atoms with Crippen molar-refractivity contribution in [1.82, 2.24) is 0 Å². The van der Waals surface area contributed by atoms with Crippen LogP contribution in [0.4, 0.5) is 11.4 Å². The monoisotopic (exact) mass is 284 g/mol. The molecule has 0 fully saturated rings. The van der Waals surface area contributed by atoms with Gasteiger partial charge in [0.15, 0.2) is 5.75 Å². The lowest BCUT2D eigenvalue weighted by Crippen LogP contribution is -2.13. The highest BCUT2D eigenvalue weighted by molar-refractivity contribution is 6.07. The number of aryl methyl sites for hydroxylation is 2. The smallest absolute Gasteiger partial charge is 0.259 e. The van der Waals surface area contributed by atoms with Crippen LogP contribution in [0.25, 0.3) is 0 Å². The normalized spacial score (nSPS) is 10.0. The third-order valence-electron chi connectivity index (χ3n) is 3.26. The molecule has 0 unspecified atom stereocenters. The minimum absolute atomic E-state index is 0.0973. The molecule has 2 rings (SSSR count). The molecule has 0 aliphatic rings. The molecule has 21 heavy (non-hydrogen) atoms. The Labute approximate surface area is 122 Å². The largest absolute Gasteiger partial charge is 0.505 e. The van der Waals surface area contributed by atoms with Crippen LogP contribution in [-0.4, -0.2) is 17.4 Å². The van der Waals surface area contributed by atoms with Crippen LogP contribution in [0.5, 0.6) is 5.75 Å². The van der Waals surface area contributed by atoms with Crippen molar-refractivity contribution in [2.24, 2.45) is 0 Å². The molecule has 5 nitrogen and oxygen atoms in total. The molecule has 0 spiro atoms. The number of carbonyl (C=O) groups excluding carboxylic acids is 2. The van der Waals surface area contributed by atoms with Gasteiger partial charge in [0, 0.05) is 5.69 Å². The van der Waals surface area contributed by atoms with Gasteiger partial charge in [0.25, 0.3) is 5.91 Å². The van der Waals surface area contributed by atoms with Crippen LogP contribution in [-0.2, 0) is 4.79 Å². The van der Waals surface area contributed by atoms with Crippen molar-refractivity contribution in [3.63, 3.8) is 0 Å². The fourth-order valence-electron chi connectivity index (χ4n) is 1.92. The fraction of sp³-hybridized carbons (Fsp3) is 0.125. The molecule has 0 aliphatic heterocycles. The van der Waals surface area contributed by atoms with Crippen molar-refractivity contribution in [1.29, 1.82) is 0 Å². The van der Waals surface area contributed by atoms with Crippen molar-refractivity contribution < 1.29 is 14.7 Å². The number of amides is 2. The third-order valence-corrected chi connectivity index (χ3v) is 3.26. The zero-order valence-electron chi connectivity index (χ0n) is 11.8. The molecule has 0 saturated heterocycles. The van der Waals surface area contributed by atoms with E-state index in [-0.39, 0.29) is 17.0 Å². The molecule has 0 aliphatic carbocycles. The molecule has 2 aromatic rings. The van der Waals surface area contributed by atoms with Crippen molar-refractivity contribution in [3.8, 4) is 5.75 Å². The van der Waals surface area contributed by atoms with E-state index < -0.39 is 5.91 Å². The number of rotatable bonds is 4. The highest BCUT2D eigenvalue weighted by Crippen LogP contribution is 2.27. The summed E-state index contributed by atoms with van der Waals surface area (Å²) in [4.78, 5) is 22.6. The van der Waals surface area contributed by atoms with Crippen LogP contribution in [0.3, 0.4) is 0 Å². The molecule has 0 bridgehead atoms. The molecule has 0 aromatic heterocycles. The summed E-state index contributed by atoms with van der Waals surface area (Å²) in [7, 11) is 0. The Morgan fingerprint density at radius 3 is 2.57 bits per heavy atom. The highest BCUT2D eigenvalue weighted by Gasteiger charge is 2.14. The van der Waals surface area contributed by atoms with Crippen molar-refractivity contribution in [3.05, 3.63) is 53.1 Å². The van der Waals surface area contributed by atoms with Crippen LogP contribution in [0.2, 0.25) is 0 Å². The molecule has 0 atom stereocenters. The molecule has 108 valence electrons. The van der Waals surface area contributed by atoms with Gasteiger partial charge in [-0.05, 0) is 49.2 Å². The third kappa shape index (κ3) is 3.20. The Bertz CT molecular complexity index is 696. The average Bonchev–Trinajstić information content (AvgIpc) is 2.45. The molecular weight excluding hydrogens is 268 g/mol. The van der Waals surface area contributed by atoms with E-state index in [0.29, 0.717) is 12.1 Å². The lowest BCUT2D eigenvalue weighted by Gasteiger charge is -2.10. The molecular formula is C16H16N2O3. The van der Waals surface area contributed by atoms with Gasteiger partial charge < -0.3 is 15.7 Å². The summed E-state index contributed by atoms with van der Waals surface area (Å²) < 4.78 is 0. The lowest BCUT2D eigenvalue weighted by atomic mass is 10.1. The number of carbonyl (C=O) groups is 2. The number of aromatic hydroxyl groups is 1. The average molecular weight is 284 g/mol. The molecule has 5 heteroatoms.